The maximum Gasteiger partial charge on any atom is 0.356 e. The van der Waals surface area contributed by atoms with Crippen molar-refractivity contribution in [2.75, 3.05) is 25.1 Å². The highest BCUT2D eigenvalue weighted by Gasteiger charge is 2.31. The maximum atomic E-state index is 11.6. The second-order valence-electron chi connectivity index (χ2n) is 5.53. The molecule has 2 rings (SSSR count). The molecule has 1 aliphatic rings. The fraction of sp³-hybridized carbons (Fsp3) is 0.571. The molecule has 1 aromatic heterocycles. The Balaban J connectivity index is 2.36. The van der Waals surface area contributed by atoms with Gasteiger partial charge < -0.3 is 9.64 Å². The van der Waals surface area contributed by atoms with E-state index in [2.05, 4.69) is 23.6 Å². The zero-order valence-electron chi connectivity index (χ0n) is 12.4. The van der Waals surface area contributed by atoms with Gasteiger partial charge in [-0.1, -0.05) is 13.8 Å². The van der Waals surface area contributed by atoms with Gasteiger partial charge >= 0.3 is 11.7 Å². The van der Waals surface area contributed by atoms with Crippen molar-refractivity contribution in [1.82, 2.24) is 4.98 Å². The molecule has 0 saturated carbocycles. The average Bonchev–Trinajstić information content (AvgIpc) is 2.95. The van der Waals surface area contributed by atoms with Gasteiger partial charge in [0, 0.05) is 19.2 Å². The highest BCUT2D eigenvalue weighted by atomic mass is 16.6. The molecule has 1 atom stereocenters. The summed E-state index contributed by atoms with van der Waals surface area (Å²) in [5.74, 6) is 0.655. The summed E-state index contributed by atoms with van der Waals surface area (Å²) < 4.78 is 4.62. The molecule has 2 heterocycles. The summed E-state index contributed by atoms with van der Waals surface area (Å²) in [6, 6.07) is 2.64. The molecular weight excluding hydrogens is 274 g/mol. The summed E-state index contributed by atoms with van der Waals surface area (Å²) >= 11 is 0. The van der Waals surface area contributed by atoms with Crippen LogP contribution in [0.4, 0.5) is 11.5 Å². The summed E-state index contributed by atoms with van der Waals surface area (Å²) in [5, 5.41) is 11.2. The molecule has 114 valence electrons. The Morgan fingerprint density at radius 3 is 2.76 bits per heavy atom. The summed E-state index contributed by atoms with van der Waals surface area (Å²) in [6.45, 7) is 5.71. The number of nitrogens with zero attached hydrogens (tertiary/aromatic N) is 3. The van der Waals surface area contributed by atoms with Gasteiger partial charge in [0.2, 0.25) is 5.82 Å². The Kier molecular flexibility index (Phi) is 4.40. The second-order valence-corrected chi connectivity index (χ2v) is 5.53. The molecule has 1 unspecified atom stereocenters. The van der Waals surface area contributed by atoms with Crippen LogP contribution in [-0.2, 0) is 4.74 Å². The molecule has 21 heavy (non-hydrogen) atoms. The summed E-state index contributed by atoms with van der Waals surface area (Å²) in [4.78, 5) is 28.3. The number of anilines is 1. The molecule has 0 bridgehead atoms. The number of ether oxygens (including phenoxy) is 1. The number of rotatable bonds is 4. The van der Waals surface area contributed by atoms with Gasteiger partial charge in [-0.25, -0.2) is 9.78 Å². The van der Waals surface area contributed by atoms with Crippen molar-refractivity contribution in [1.29, 1.82) is 0 Å². The lowest BCUT2D eigenvalue weighted by molar-refractivity contribution is -0.384. The largest absolute Gasteiger partial charge is 0.464 e. The molecule has 0 radical (unpaired) electrons. The van der Waals surface area contributed by atoms with Gasteiger partial charge in [0.15, 0.2) is 5.69 Å². The zero-order chi connectivity index (χ0) is 15.6. The lowest BCUT2D eigenvalue weighted by Gasteiger charge is -2.19. The van der Waals surface area contributed by atoms with Crippen LogP contribution in [0.2, 0.25) is 0 Å². The smallest absolute Gasteiger partial charge is 0.356 e. The normalized spacial score (nSPS) is 18.1. The Bertz CT molecular complexity index is 559. The lowest BCUT2D eigenvalue weighted by atomic mass is 9.95. The Morgan fingerprint density at radius 1 is 1.52 bits per heavy atom. The van der Waals surface area contributed by atoms with Crippen LogP contribution in [0, 0.1) is 22.0 Å². The molecule has 0 aliphatic carbocycles. The van der Waals surface area contributed by atoms with E-state index in [-0.39, 0.29) is 17.2 Å². The van der Waals surface area contributed by atoms with Crippen molar-refractivity contribution in [2.24, 2.45) is 11.8 Å². The standard InChI is InChI=1S/C14H19N3O4/c1-9(2)10-6-7-16(8-10)13-12(17(19)20)5-4-11(15-13)14(18)21-3/h4-5,9-10H,6-8H2,1-3H3. The first-order valence-corrected chi connectivity index (χ1v) is 6.92. The maximum absolute atomic E-state index is 11.6. The molecule has 7 heteroatoms. The first kappa shape index (κ1) is 15.2. The highest BCUT2D eigenvalue weighted by molar-refractivity contribution is 5.88. The number of aromatic nitrogens is 1. The highest BCUT2D eigenvalue weighted by Crippen LogP contribution is 2.32. The van der Waals surface area contributed by atoms with Crippen LogP contribution in [0.25, 0.3) is 0 Å². The van der Waals surface area contributed by atoms with Crippen molar-refractivity contribution in [3.63, 3.8) is 0 Å². The van der Waals surface area contributed by atoms with E-state index in [0.717, 1.165) is 13.0 Å². The fourth-order valence-electron chi connectivity index (χ4n) is 2.56. The van der Waals surface area contributed by atoms with Crippen LogP contribution in [0.15, 0.2) is 12.1 Å². The van der Waals surface area contributed by atoms with E-state index in [4.69, 9.17) is 0 Å². The van der Waals surface area contributed by atoms with Gasteiger partial charge in [-0.3, -0.25) is 10.1 Å². The lowest BCUT2D eigenvalue weighted by Crippen LogP contribution is -2.24. The third-order valence-electron chi connectivity index (χ3n) is 3.91. The van der Waals surface area contributed by atoms with E-state index >= 15 is 0 Å². The van der Waals surface area contributed by atoms with Gasteiger partial charge in [0.25, 0.3) is 0 Å². The van der Waals surface area contributed by atoms with E-state index < -0.39 is 10.9 Å². The number of pyridine rings is 1. The minimum atomic E-state index is -0.592. The van der Waals surface area contributed by atoms with E-state index in [1.54, 1.807) is 0 Å². The number of esters is 1. The van der Waals surface area contributed by atoms with Crippen molar-refractivity contribution >= 4 is 17.5 Å². The molecule has 1 saturated heterocycles. The molecule has 1 fully saturated rings. The summed E-state index contributed by atoms with van der Waals surface area (Å²) in [7, 11) is 1.26. The minimum absolute atomic E-state index is 0.0768. The number of nitro groups is 1. The number of hydrogen-bond donors (Lipinski definition) is 0. The van der Waals surface area contributed by atoms with Gasteiger partial charge in [-0.2, -0.15) is 0 Å². The van der Waals surface area contributed by atoms with Gasteiger partial charge in [-0.15, -0.1) is 0 Å². The van der Waals surface area contributed by atoms with Crippen LogP contribution in [0.5, 0.6) is 0 Å². The monoisotopic (exact) mass is 293 g/mol. The Morgan fingerprint density at radius 2 is 2.24 bits per heavy atom. The molecular formula is C14H19N3O4. The first-order valence-electron chi connectivity index (χ1n) is 6.92. The minimum Gasteiger partial charge on any atom is -0.464 e. The van der Waals surface area contributed by atoms with Crippen LogP contribution >= 0.6 is 0 Å². The first-order chi connectivity index (χ1) is 9.93. The molecule has 1 aromatic rings. The quantitative estimate of drug-likeness (QED) is 0.481. The zero-order valence-corrected chi connectivity index (χ0v) is 12.4. The third kappa shape index (κ3) is 3.12. The summed E-state index contributed by atoms with van der Waals surface area (Å²) in [6.07, 6.45) is 0.971. The number of methoxy groups -OCH3 is 1. The van der Waals surface area contributed by atoms with Crippen molar-refractivity contribution in [3.05, 3.63) is 27.9 Å². The van der Waals surface area contributed by atoms with Crippen molar-refractivity contribution in [2.45, 2.75) is 20.3 Å². The average molecular weight is 293 g/mol. The van der Waals surface area contributed by atoms with E-state index in [1.807, 2.05) is 4.90 Å². The van der Waals surface area contributed by atoms with E-state index in [1.165, 1.54) is 19.2 Å². The van der Waals surface area contributed by atoms with Crippen LogP contribution in [0.3, 0.4) is 0 Å². The molecule has 7 nitrogen and oxygen atoms in total. The molecule has 0 N–H and O–H groups in total. The van der Waals surface area contributed by atoms with Crippen molar-refractivity contribution < 1.29 is 14.5 Å². The van der Waals surface area contributed by atoms with Gasteiger partial charge in [0.1, 0.15) is 0 Å². The van der Waals surface area contributed by atoms with Gasteiger partial charge in [0.05, 0.1) is 12.0 Å². The van der Waals surface area contributed by atoms with E-state index in [9.17, 15) is 14.9 Å². The summed E-state index contributed by atoms with van der Waals surface area (Å²) in [5.41, 5.74) is 0.0122. The van der Waals surface area contributed by atoms with E-state index in [0.29, 0.717) is 18.4 Å². The topological polar surface area (TPSA) is 85.6 Å². The Labute approximate surface area is 123 Å². The van der Waals surface area contributed by atoms with Crippen LogP contribution in [-0.4, -0.2) is 36.1 Å². The second kappa shape index (κ2) is 6.07. The van der Waals surface area contributed by atoms with Crippen LogP contribution in [0.1, 0.15) is 30.8 Å². The number of hydrogen-bond acceptors (Lipinski definition) is 6. The molecule has 1 aliphatic heterocycles. The molecule has 0 aromatic carbocycles. The Hall–Kier alpha value is -2.18. The van der Waals surface area contributed by atoms with Crippen molar-refractivity contribution in [3.8, 4) is 0 Å². The predicted molar refractivity (Wildman–Crippen MR) is 77.4 cm³/mol. The third-order valence-corrected chi connectivity index (χ3v) is 3.91. The number of carbonyl (C=O) groups excluding carboxylic acids is 1. The van der Waals surface area contributed by atoms with Gasteiger partial charge in [-0.05, 0) is 24.3 Å². The molecule has 0 amide bonds. The predicted octanol–water partition coefficient (Wildman–Crippen LogP) is 2.26. The SMILES string of the molecule is COC(=O)c1ccc([N+](=O)[O-])c(N2CCC(C(C)C)C2)n1. The van der Waals surface area contributed by atoms with Crippen LogP contribution < -0.4 is 4.90 Å². The fourth-order valence-corrected chi connectivity index (χ4v) is 2.56. The molecule has 0 spiro atoms. The number of carbonyl (C=O) groups is 1.